The van der Waals surface area contributed by atoms with Gasteiger partial charge in [-0.2, -0.15) is 4.98 Å². The highest BCUT2D eigenvalue weighted by molar-refractivity contribution is 6.00. The van der Waals surface area contributed by atoms with Gasteiger partial charge in [-0.3, -0.25) is 20.8 Å². The fourth-order valence-corrected chi connectivity index (χ4v) is 1.64. The van der Waals surface area contributed by atoms with E-state index in [1.54, 1.807) is 0 Å². The van der Waals surface area contributed by atoms with Gasteiger partial charge in [0.1, 0.15) is 0 Å². The molecule has 4 N–H and O–H groups in total. The predicted molar refractivity (Wildman–Crippen MR) is 71.2 cm³/mol. The molecule has 0 aliphatic carbocycles. The molecular formula is C11H12N6O4. The maximum absolute atomic E-state index is 12.0. The fourth-order valence-electron chi connectivity index (χ4n) is 1.64. The number of hydrogen-bond donors (Lipinski definition) is 3. The number of nitrogen functional groups attached to an aromatic ring is 1. The molecule has 10 nitrogen and oxygen atoms in total. The number of carbonyl (C=O) groups is 1. The quantitative estimate of drug-likeness (QED) is 0.389. The van der Waals surface area contributed by atoms with Gasteiger partial charge in [0, 0.05) is 25.1 Å². The lowest BCUT2D eigenvalue weighted by Gasteiger charge is -2.08. The molecule has 1 heterocycles. The molecule has 2 aromatic rings. The molecular weight excluding hydrogens is 280 g/mol. The van der Waals surface area contributed by atoms with Gasteiger partial charge in [0.2, 0.25) is 5.89 Å². The van der Waals surface area contributed by atoms with Crippen LogP contribution in [0.3, 0.4) is 0 Å². The molecule has 0 fully saturated rings. The average molecular weight is 292 g/mol. The highest BCUT2D eigenvalue weighted by Gasteiger charge is 2.16. The summed E-state index contributed by atoms with van der Waals surface area (Å²) in [4.78, 5) is 26.0. The van der Waals surface area contributed by atoms with Crippen molar-refractivity contribution in [3.05, 3.63) is 46.1 Å². The Morgan fingerprint density at radius 1 is 1.48 bits per heavy atom. The van der Waals surface area contributed by atoms with E-state index in [0.717, 1.165) is 6.07 Å². The molecule has 0 saturated heterocycles. The first-order valence-electron chi connectivity index (χ1n) is 5.90. The SMILES string of the molecule is NNc1ccc([N+](=O)[O-])cc1C(=O)NCCc1ncno1. The number of rotatable bonds is 6. The van der Waals surface area contributed by atoms with Crippen molar-refractivity contribution in [1.29, 1.82) is 0 Å². The number of nitrogens with two attached hydrogens (primary N) is 1. The van der Waals surface area contributed by atoms with Crippen LogP contribution in [0.2, 0.25) is 0 Å². The zero-order chi connectivity index (χ0) is 15.2. The fraction of sp³-hybridized carbons (Fsp3) is 0.182. The Bertz CT molecular complexity index is 642. The summed E-state index contributed by atoms with van der Waals surface area (Å²) in [5, 5.41) is 16.8. The Kier molecular flexibility index (Phi) is 4.41. The van der Waals surface area contributed by atoms with Crippen LogP contribution in [0.15, 0.2) is 29.0 Å². The van der Waals surface area contributed by atoms with Crippen LogP contribution >= 0.6 is 0 Å². The molecule has 0 bridgehead atoms. The van der Waals surface area contributed by atoms with E-state index in [-0.39, 0.29) is 23.5 Å². The van der Waals surface area contributed by atoms with Crippen molar-refractivity contribution in [2.45, 2.75) is 6.42 Å². The second-order valence-corrected chi connectivity index (χ2v) is 3.97. The number of hydrazine groups is 1. The number of benzene rings is 1. The van der Waals surface area contributed by atoms with Gasteiger partial charge in [-0.1, -0.05) is 5.16 Å². The third kappa shape index (κ3) is 3.51. The standard InChI is InChI=1S/C11H12N6O4/c12-16-9-2-1-7(17(19)20)5-8(9)11(18)13-4-3-10-14-6-15-21-10/h1-2,5-6,16H,3-4,12H2,(H,13,18). The van der Waals surface area contributed by atoms with Crippen molar-refractivity contribution in [3.8, 4) is 0 Å². The van der Waals surface area contributed by atoms with E-state index < -0.39 is 10.8 Å². The van der Waals surface area contributed by atoms with E-state index in [2.05, 4.69) is 20.9 Å². The van der Waals surface area contributed by atoms with Crippen LogP contribution in [0.25, 0.3) is 0 Å². The van der Waals surface area contributed by atoms with Gasteiger partial charge in [-0.15, -0.1) is 0 Å². The minimum absolute atomic E-state index is 0.0808. The summed E-state index contributed by atoms with van der Waals surface area (Å²) < 4.78 is 4.78. The average Bonchev–Trinajstić information content (AvgIpc) is 2.99. The van der Waals surface area contributed by atoms with Crippen LogP contribution in [0.1, 0.15) is 16.2 Å². The van der Waals surface area contributed by atoms with Crippen molar-refractivity contribution in [2.75, 3.05) is 12.0 Å². The lowest BCUT2D eigenvalue weighted by Crippen LogP contribution is -2.27. The lowest BCUT2D eigenvalue weighted by atomic mass is 10.1. The maximum atomic E-state index is 12.0. The van der Waals surface area contributed by atoms with Crippen LogP contribution in [-0.4, -0.2) is 27.5 Å². The van der Waals surface area contributed by atoms with Crippen LogP contribution in [-0.2, 0) is 6.42 Å². The molecule has 0 aliphatic heterocycles. The van der Waals surface area contributed by atoms with Crippen molar-refractivity contribution in [3.63, 3.8) is 0 Å². The van der Waals surface area contributed by atoms with Gasteiger partial charge in [-0.25, -0.2) is 0 Å². The molecule has 0 aliphatic rings. The van der Waals surface area contributed by atoms with E-state index in [1.165, 1.54) is 18.5 Å². The van der Waals surface area contributed by atoms with E-state index in [9.17, 15) is 14.9 Å². The van der Waals surface area contributed by atoms with Gasteiger partial charge >= 0.3 is 0 Å². The van der Waals surface area contributed by atoms with Gasteiger partial charge < -0.3 is 15.3 Å². The van der Waals surface area contributed by atoms with E-state index in [1.807, 2.05) is 0 Å². The molecule has 10 heteroatoms. The molecule has 2 rings (SSSR count). The minimum atomic E-state index is -0.588. The van der Waals surface area contributed by atoms with Crippen LogP contribution in [0.4, 0.5) is 11.4 Å². The number of nitro benzene ring substituents is 1. The van der Waals surface area contributed by atoms with Gasteiger partial charge in [-0.05, 0) is 6.07 Å². The summed E-state index contributed by atoms with van der Waals surface area (Å²) in [7, 11) is 0. The number of hydrogen-bond acceptors (Lipinski definition) is 8. The summed E-state index contributed by atoms with van der Waals surface area (Å²) in [5.74, 6) is 5.17. The topological polar surface area (TPSA) is 149 Å². The molecule has 1 amide bonds. The summed E-state index contributed by atoms with van der Waals surface area (Å²) in [5.41, 5.74) is 2.49. The highest BCUT2D eigenvalue weighted by Crippen LogP contribution is 2.21. The third-order valence-electron chi connectivity index (χ3n) is 2.65. The molecule has 0 unspecified atom stereocenters. The molecule has 0 spiro atoms. The van der Waals surface area contributed by atoms with Gasteiger partial charge in [0.15, 0.2) is 6.33 Å². The molecule has 0 saturated carbocycles. The number of nitro groups is 1. The molecule has 0 atom stereocenters. The first-order valence-corrected chi connectivity index (χ1v) is 5.90. The largest absolute Gasteiger partial charge is 0.351 e. The van der Waals surface area contributed by atoms with Crippen LogP contribution in [0, 0.1) is 10.1 Å². The molecule has 21 heavy (non-hydrogen) atoms. The zero-order valence-corrected chi connectivity index (χ0v) is 10.8. The highest BCUT2D eigenvalue weighted by atomic mass is 16.6. The second-order valence-electron chi connectivity index (χ2n) is 3.97. The van der Waals surface area contributed by atoms with E-state index in [0.29, 0.717) is 12.3 Å². The molecule has 110 valence electrons. The summed E-state index contributed by atoms with van der Waals surface area (Å²) in [6.07, 6.45) is 1.61. The van der Waals surface area contributed by atoms with Gasteiger partial charge in [0.25, 0.3) is 11.6 Å². The number of carbonyl (C=O) groups excluding carboxylic acids is 1. The Morgan fingerprint density at radius 2 is 2.29 bits per heavy atom. The smallest absolute Gasteiger partial charge is 0.270 e. The van der Waals surface area contributed by atoms with Crippen LogP contribution < -0.4 is 16.6 Å². The number of amides is 1. The summed E-state index contributed by atoms with van der Waals surface area (Å²) in [6, 6.07) is 3.77. The Morgan fingerprint density at radius 3 is 2.90 bits per heavy atom. The Hall–Kier alpha value is -3.01. The van der Waals surface area contributed by atoms with E-state index in [4.69, 9.17) is 10.4 Å². The Balaban J connectivity index is 2.06. The molecule has 0 radical (unpaired) electrons. The zero-order valence-electron chi connectivity index (χ0n) is 10.8. The summed E-state index contributed by atoms with van der Waals surface area (Å²) >= 11 is 0. The normalized spacial score (nSPS) is 10.1. The predicted octanol–water partition coefficient (Wildman–Crippen LogP) is 0.236. The first kappa shape index (κ1) is 14.4. The van der Waals surface area contributed by atoms with Crippen molar-refractivity contribution in [2.24, 2.45) is 5.84 Å². The van der Waals surface area contributed by atoms with Gasteiger partial charge in [0.05, 0.1) is 16.2 Å². The van der Waals surface area contributed by atoms with Crippen molar-refractivity contribution in [1.82, 2.24) is 15.5 Å². The number of aromatic nitrogens is 2. The Labute approximate surface area is 118 Å². The third-order valence-corrected chi connectivity index (χ3v) is 2.65. The van der Waals surface area contributed by atoms with Crippen LogP contribution in [0.5, 0.6) is 0 Å². The first-order chi connectivity index (χ1) is 10.1. The monoisotopic (exact) mass is 292 g/mol. The number of nitrogens with zero attached hydrogens (tertiary/aromatic N) is 3. The maximum Gasteiger partial charge on any atom is 0.270 e. The number of anilines is 1. The van der Waals surface area contributed by atoms with E-state index >= 15 is 0 Å². The van der Waals surface area contributed by atoms with Crippen molar-refractivity contribution < 1.29 is 14.2 Å². The lowest BCUT2D eigenvalue weighted by molar-refractivity contribution is -0.384. The molecule has 1 aromatic carbocycles. The van der Waals surface area contributed by atoms with Crippen molar-refractivity contribution >= 4 is 17.3 Å². The second kappa shape index (κ2) is 6.43. The molecule has 1 aromatic heterocycles. The number of non-ortho nitro benzene ring substituents is 1. The minimum Gasteiger partial charge on any atom is -0.351 e. The summed E-state index contributed by atoms with van der Waals surface area (Å²) in [6.45, 7) is 0.244. The number of nitrogens with one attached hydrogen (secondary N) is 2.